The number of piperidine rings is 1. The molecule has 8 heteroatoms. The smallest absolute Gasteiger partial charge is 0.261 e. The maximum atomic E-state index is 12.6. The van der Waals surface area contributed by atoms with E-state index in [0.29, 0.717) is 17.9 Å². The van der Waals surface area contributed by atoms with E-state index >= 15 is 0 Å². The fourth-order valence-corrected chi connectivity index (χ4v) is 6.89. The van der Waals surface area contributed by atoms with Crippen molar-refractivity contribution >= 4 is 27.1 Å². The van der Waals surface area contributed by atoms with E-state index in [0.717, 1.165) is 32.4 Å². The summed E-state index contributed by atoms with van der Waals surface area (Å²) in [6.07, 6.45) is 3.22. The molecule has 3 aliphatic rings. The van der Waals surface area contributed by atoms with Gasteiger partial charge in [0.1, 0.15) is 5.60 Å². The molecule has 24 heavy (non-hydrogen) atoms. The first-order chi connectivity index (χ1) is 11.5. The van der Waals surface area contributed by atoms with Crippen LogP contribution < -0.4 is 10.6 Å². The van der Waals surface area contributed by atoms with Crippen LogP contribution in [0.15, 0.2) is 6.07 Å². The molecule has 132 valence electrons. The van der Waals surface area contributed by atoms with Crippen LogP contribution in [0.3, 0.4) is 0 Å². The lowest BCUT2D eigenvalue weighted by molar-refractivity contribution is -0.0771. The fourth-order valence-electron chi connectivity index (χ4n) is 3.90. The molecular weight excluding hydrogens is 348 g/mol. The Hall–Kier alpha value is -0.960. The minimum Gasteiger partial charge on any atom is -0.369 e. The van der Waals surface area contributed by atoms with E-state index in [1.165, 1.54) is 21.8 Å². The summed E-state index contributed by atoms with van der Waals surface area (Å²) in [7, 11) is -2.99. The predicted octanol–water partition coefficient (Wildman–Crippen LogP) is 0.816. The van der Waals surface area contributed by atoms with Gasteiger partial charge in [-0.1, -0.05) is 0 Å². The molecule has 6 nitrogen and oxygen atoms in total. The van der Waals surface area contributed by atoms with Crippen LogP contribution in [-0.2, 0) is 26.6 Å². The van der Waals surface area contributed by atoms with Crippen molar-refractivity contribution in [2.24, 2.45) is 0 Å². The highest BCUT2D eigenvalue weighted by Crippen LogP contribution is 2.44. The second-order valence-corrected chi connectivity index (χ2v) is 10.2. The number of carbonyl (C=O) groups is 1. The highest BCUT2D eigenvalue weighted by molar-refractivity contribution is 7.91. The predicted molar refractivity (Wildman–Crippen MR) is 92.3 cm³/mol. The van der Waals surface area contributed by atoms with E-state index in [4.69, 9.17) is 4.74 Å². The zero-order valence-electron chi connectivity index (χ0n) is 13.5. The topological polar surface area (TPSA) is 84.5 Å². The van der Waals surface area contributed by atoms with E-state index < -0.39 is 9.84 Å². The van der Waals surface area contributed by atoms with Crippen molar-refractivity contribution in [1.82, 2.24) is 10.6 Å². The van der Waals surface area contributed by atoms with Crippen LogP contribution in [0.2, 0.25) is 0 Å². The lowest BCUT2D eigenvalue weighted by atomic mass is 9.86. The minimum absolute atomic E-state index is 0.0581. The third-order valence-corrected chi connectivity index (χ3v) is 8.30. The molecule has 4 heterocycles. The molecule has 2 fully saturated rings. The van der Waals surface area contributed by atoms with Crippen LogP contribution in [0, 0.1) is 0 Å². The van der Waals surface area contributed by atoms with Crippen LogP contribution in [0.1, 0.15) is 39.4 Å². The normalized spacial score (nSPS) is 27.8. The third kappa shape index (κ3) is 3.00. The molecule has 1 aromatic rings. The van der Waals surface area contributed by atoms with Gasteiger partial charge in [0.2, 0.25) is 0 Å². The first-order valence-electron chi connectivity index (χ1n) is 8.47. The average Bonchev–Trinajstić information content (AvgIpc) is 3.13. The Morgan fingerprint density at radius 1 is 1.38 bits per heavy atom. The zero-order valence-corrected chi connectivity index (χ0v) is 15.1. The Morgan fingerprint density at radius 3 is 2.88 bits per heavy atom. The molecule has 2 N–H and O–H groups in total. The van der Waals surface area contributed by atoms with Crippen molar-refractivity contribution in [3.8, 4) is 0 Å². The molecule has 0 bridgehead atoms. The summed E-state index contributed by atoms with van der Waals surface area (Å²) >= 11 is 1.52. The van der Waals surface area contributed by atoms with Gasteiger partial charge in [-0.3, -0.25) is 4.79 Å². The number of ether oxygens (including phenoxy) is 1. The van der Waals surface area contributed by atoms with E-state index in [1.807, 2.05) is 6.07 Å². The van der Waals surface area contributed by atoms with Gasteiger partial charge < -0.3 is 15.4 Å². The van der Waals surface area contributed by atoms with Gasteiger partial charge >= 0.3 is 0 Å². The summed E-state index contributed by atoms with van der Waals surface area (Å²) < 4.78 is 29.2. The number of sulfone groups is 1. The van der Waals surface area contributed by atoms with Gasteiger partial charge in [-0.25, -0.2) is 8.42 Å². The molecular formula is C16H22N2O4S2. The Bertz CT molecular complexity index is 750. The third-order valence-electron chi connectivity index (χ3n) is 5.18. The van der Waals surface area contributed by atoms with Gasteiger partial charge in [-0.2, -0.15) is 0 Å². The molecule has 1 unspecified atom stereocenters. The monoisotopic (exact) mass is 370 g/mol. The van der Waals surface area contributed by atoms with Gasteiger partial charge in [-0.15, -0.1) is 11.3 Å². The number of nitrogens with one attached hydrogen (secondary N) is 2. The summed E-state index contributed by atoms with van der Waals surface area (Å²) in [4.78, 5) is 14.4. The number of hydrogen-bond acceptors (Lipinski definition) is 6. The molecule has 0 saturated carbocycles. The highest BCUT2D eigenvalue weighted by Gasteiger charge is 2.41. The largest absolute Gasteiger partial charge is 0.369 e. The van der Waals surface area contributed by atoms with Crippen LogP contribution in [0.25, 0.3) is 0 Å². The van der Waals surface area contributed by atoms with Crippen LogP contribution >= 0.6 is 11.3 Å². The van der Waals surface area contributed by atoms with Crippen molar-refractivity contribution in [2.45, 2.75) is 37.3 Å². The summed E-state index contributed by atoms with van der Waals surface area (Å²) in [5, 5.41) is 6.25. The first-order valence-corrected chi connectivity index (χ1v) is 11.1. The number of fused-ring (bicyclic) bond motifs is 2. The Morgan fingerprint density at radius 2 is 2.17 bits per heavy atom. The summed E-state index contributed by atoms with van der Waals surface area (Å²) in [6.45, 7) is 2.56. The summed E-state index contributed by atoms with van der Waals surface area (Å²) in [6, 6.07) is 1.72. The molecule has 1 atom stereocenters. The Labute approximate surface area is 145 Å². The molecule has 0 radical (unpaired) electrons. The summed E-state index contributed by atoms with van der Waals surface area (Å²) in [5.41, 5.74) is 0.982. The quantitative estimate of drug-likeness (QED) is 0.805. The van der Waals surface area contributed by atoms with Crippen LogP contribution in [0.5, 0.6) is 0 Å². The van der Waals surface area contributed by atoms with E-state index in [-0.39, 0.29) is 29.1 Å². The molecule has 3 aliphatic heterocycles. The van der Waals surface area contributed by atoms with Crippen molar-refractivity contribution in [3.63, 3.8) is 0 Å². The SMILES string of the molecule is O=C(NC1CCS(=O)(=O)C1)c1cc2c(s1)C1(CCNCC1)OCC2. The Kier molecular flexibility index (Phi) is 4.19. The lowest BCUT2D eigenvalue weighted by Gasteiger charge is -2.40. The molecule has 4 rings (SSSR count). The van der Waals surface area contributed by atoms with Gasteiger partial charge in [-0.05, 0) is 50.4 Å². The molecule has 1 amide bonds. The van der Waals surface area contributed by atoms with Crippen LogP contribution in [0.4, 0.5) is 0 Å². The van der Waals surface area contributed by atoms with E-state index in [1.54, 1.807) is 0 Å². The number of amides is 1. The van der Waals surface area contributed by atoms with Crippen molar-refractivity contribution in [2.75, 3.05) is 31.2 Å². The Balaban J connectivity index is 1.54. The van der Waals surface area contributed by atoms with Crippen LogP contribution in [-0.4, -0.2) is 51.6 Å². The van der Waals surface area contributed by atoms with Crippen molar-refractivity contribution < 1.29 is 17.9 Å². The van der Waals surface area contributed by atoms with Gasteiger partial charge in [0.25, 0.3) is 5.91 Å². The molecule has 1 spiro atoms. The number of thiophene rings is 1. The fraction of sp³-hybridized carbons (Fsp3) is 0.688. The second kappa shape index (κ2) is 6.09. The molecule has 1 aromatic heterocycles. The first kappa shape index (κ1) is 16.5. The highest BCUT2D eigenvalue weighted by atomic mass is 32.2. The van der Waals surface area contributed by atoms with Gasteiger partial charge in [0.05, 0.1) is 23.0 Å². The van der Waals surface area contributed by atoms with E-state index in [2.05, 4.69) is 10.6 Å². The van der Waals surface area contributed by atoms with Gasteiger partial charge in [0, 0.05) is 10.9 Å². The molecule has 0 aliphatic carbocycles. The summed E-state index contributed by atoms with van der Waals surface area (Å²) in [5.74, 6) is 0.0753. The molecule has 2 saturated heterocycles. The average molecular weight is 370 g/mol. The van der Waals surface area contributed by atoms with Crippen molar-refractivity contribution in [3.05, 3.63) is 21.4 Å². The number of carbonyl (C=O) groups excluding carboxylic acids is 1. The van der Waals surface area contributed by atoms with Gasteiger partial charge in [0.15, 0.2) is 9.84 Å². The lowest BCUT2D eigenvalue weighted by Crippen LogP contribution is -2.44. The standard InChI is InChI=1S/C16H22N2O4S2/c19-15(18-12-2-8-24(20,21)10-12)13-9-11-1-7-22-16(14(11)23-13)3-5-17-6-4-16/h9,12,17H,1-8,10H2,(H,18,19). The molecule has 0 aromatic carbocycles. The van der Waals surface area contributed by atoms with Crippen molar-refractivity contribution in [1.29, 1.82) is 0 Å². The number of hydrogen-bond donors (Lipinski definition) is 2. The number of rotatable bonds is 2. The minimum atomic E-state index is -2.99. The zero-order chi connectivity index (χ0) is 16.8. The maximum absolute atomic E-state index is 12.6. The second-order valence-electron chi connectivity index (χ2n) is 6.88. The van der Waals surface area contributed by atoms with E-state index in [9.17, 15) is 13.2 Å². The maximum Gasteiger partial charge on any atom is 0.261 e.